The van der Waals surface area contributed by atoms with Crippen LogP contribution in [0.25, 0.3) is 0 Å². The first-order valence-corrected chi connectivity index (χ1v) is 4.75. The molecule has 0 saturated heterocycles. The molecule has 1 aromatic rings. The lowest BCUT2D eigenvalue weighted by atomic mass is 10.2. The first-order chi connectivity index (χ1) is 8.08. The lowest BCUT2D eigenvalue weighted by Gasteiger charge is -2.06. The number of esters is 1. The van der Waals surface area contributed by atoms with Gasteiger partial charge in [-0.2, -0.15) is 0 Å². The summed E-state index contributed by atoms with van der Waals surface area (Å²) in [4.78, 5) is 21.0. The lowest BCUT2D eigenvalue weighted by Crippen LogP contribution is -2.13. The lowest BCUT2D eigenvalue weighted by molar-refractivity contribution is -0.385. The van der Waals surface area contributed by atoms with E-state index in [1.165, 1.54) is 19.2 Å². The molecule has 92 valence electrons. The van der Waals surface area contributed by atoms with Crippen molar-refractivity contribution in [3.05, 3.63) is 33.9 Å². The van der Waals surface area contributed by atoms with Gasteiger partial charge in [0.1, 0.15) is 0 Å². The van der Waals surface area contributed by atoms with Crippen LogP contribution in [-0.4, -0.2) is 24.6 Å². The molecule has 17 heavy (non-hydrogen) atoms. The second-order valence-corrected chi connectivity index (χ2v) is 3.13. The van der Waals surface area contributed by atoms with Crippen LogP contribution in [0.15, 0.2) is 18.2 Å². The van der Waals surface area contributed by atoms with Crippen LogP contribution >= 0.6 is 0 Å². The first kappa shape index (κ1) is 12.9. The number of methoxy groups -OCH3 is 1. The van der Waals surface area contributed by atoms with Gasteiger partial charge in [0.15, 0.2) is 12.4 Å². The summed E-state index contributed by atoms with van der Waals surface area (Å²) in [6, 6.07) is 4.31. The average molecular weight is 240 g/mol. The Morgan fingerprint density at radius 2 is 2.24 bits per heavy atom. The molecule has 7 nitrogen and oxygen atoms in total. The van der Waals surface area contributed by atoms with Crippen LogP contribution in [0.5, 0.6) is 5.75 Å². The van der Waals surface area contributed by atoms with Gasteiger partial charge >= 0.3 is 11.7 Å². The Hall–Kier alpha value is -2.15. The molecule has 0 radical (unpaired) electrons. The summed E-state index contributed by atoms with van der Waals surface area (Å²) >= 11 is 0. The number of ether oxygens (including phenoxy) is 2. The number of nitrogens with zero attached hydrogens (tertiary/aromatic N) is 1. The highest BCUT2D eigenvalue weighted by Gasteiger charge is 2.16. The molecule has 0 aliphatic carbocycles. The van der Waals surface area contributed by atoms with E-state index >= 15 is 0 Å². The van der Waals surface area contributed by atoms with Crippen molar-refractivity contribution in [3.8, 4) is 5.75 Å². The maximum Gasteiger partial charge on any atom is 0.343 e. The Bertz CT molecular complexity index is 433. The number of nitrogens with two attached hydrogens (primary N) is 1. The molecule has 0 heterocycles. The van der Waals surface area contributed by atoms with E-state index in [-0.39, 0.29) is 24.6 Å². The minimum absolute atomic E-state index is 0.0117. The largest absolute Gasteiger partial charge is 0.475 e. The highest BCUT2D eigenvalue weighted by Crippen LogP contribution is 2.27. The van der Waals surface area contributed by atoms with E-state index in [0.717, 1.165) is 0 Å². The van der Waals surface area contributed by atoms with Gasteiger partial charge in [0, 0.05) is 12.6 Å². The van der Waals surface area contributed by atoms with Crippen LogP contribution < -0.4 is 10.5 Å². The van der Waals surface area contributed by atoms with Gasteiger partial charge in [-0.1, -0.05) is 6.07 Å². The summed E-state index contributed by atoms with van der Waals surface area (Å²) in [7, 11) is 1.21. The summed E-state index contributed by atoms with van der Waals surface area (Å²) < 4.78 is 9.36. The van der Waals surface area contributed by atoms with E-state index in [0.29, 0.717) is 5.56 Å². The molecule has 0 unspecified atom stereocenters. The van der Waals surface area contributed by atoms with Gasteiger partial charge in [0.2, 0.25) is 0 Å². The number of nitro groups is 1. The molecule has 0 aromatic heterocycles. The van der Waals surface area contributed by atoms with Crippen molar-refractivity contribution in [2.75, 3.05) is 13.7 Å². The Balaban J connectivity index is 2.90. The maximum atomic E-state index is 10.9. The highest BCUT2D eigenvalue weighted by atomic mass is 16.6. The number of rotatable bonds is 5. The number of hydrogen-bond donors (Lipinski definition) is 1. The van der Waals surface area contributed by atoms with Gasteiger partial charge in [-0.15, -0.1) is 0 Å². The van der Waals surface area contributed by atoms with Crippen LogP contribution in [0, 0.1) is 10.1 Å². The molecular weight excluding hydrogens is 228 g/mol. The minimum Gasteiger partial charge on any atom is -0.475 e. The first-order valence-electron chi connectivity index (χ1n) is 4.75. The van der Waals surface area contributed by atoms with E-state index in [1.807, 2.05) is 0 Å². The zero-order valence-corrected chi connectivity index (χ0v) is 9.21. The van der Waals surface area contributed by atoms with Gasteiger partial charge in [0.05, 0.1) is 12.0 Å². The molecule has 1 rings (SSSR count). The van der Waals surface area contributed by atoms with Crippen molar-refractivity contribution in [1.82, 2.24) is 0 Å². The van der Waals surface area contributed by atoms with Crippen molar-refractivity contribution in [3.63, 3.8) is 0 Å². The van der Waals surface area contributed by atoms with Crippen LogP contribution in [0.4, 0.5) is 5.69 Å². The number of benzene rings is 1. The second kappa shape index (κ2) is 5.80. The molecule has 2 N–H and O–H groups in total. The smallest absolute Gasteiger partial charge is 0.343 e. The second-order valence-electron chi connectivity index (χ2n) is 3.13. The maximum absolute atomic E-state index is 10.9. The van der Waals surface area contributed by atoms with E-state index in [4.69, 9.17) is 10.5 Å². The van der Waals surface area contributed by atoms with E-state index < -0.39 is 10.9 Å². The minimum atomic E-state index is -0.609. The van der Waals surface area contributed by atoms with Crippen molar-refractivity contribution in [2.45, 2.75) is 6.54 Å². The zero-order chi connectivity index (χ0) is 12.8. The fourth-order valence-electron chi connectivity index (χ4n) is 1.15. The van der Waals surface area contributed by atoms with Crippen LogP contribution in [0.2, 0.25) is 0 Å². The van der Waals surface area contributed by atoms with Gasteiger partial charge in [-0.3, -0.25) is 10.1 Å². The number of hydrogen-bond acceptors (Lipinski definition) is 6. The van der Waals surface area contributed by atoms with Crippen LogP contribution in [0.1, 0.15) is 5.56 Å². The Kier molecular flexibility index (Phi) is 4.41. The molecule has 0 spiro atoms. The quantitative estimate of drug-likeness (QED) is 0.459. The molecule has 0 aliphatic rings. The Morgan fingerprint density at radius 1 is 1.53 bits per heavy atom. The molecule has 0 atom stereocenters. The number of carbonyl (C=O) groups is 1. The predicted octanol–water partition coefficient (Wildman–Crippen LogP) is 0.605. The summed E-state index contributed by atoms with van der Waals surface area (Å²) in [5, 5.41) is 10.8. The van der Waals surface area contributed by atoms with E-state index in [9.17, 15) is 14.9 Å². The van der Waals surface area contributed by atoms with Crippen LogP contribution in [-0.2, 0) is 16.1 Å². The normalized spacial score (nSPS) is 9.76. The van der Waals surface area contributed by atoms with Gasteiger partial charge in [-0.05, 0) is 11.6 Å². The number of carbonyl (C=O) groups excluding carboxylic acids is 1. The van der Waals surface area contributed by atoms with Crippen molar-refractivity contribution in [1.29, 1.82) is 0 Å². The third kappa shape index (κ3) is 3.42. The SMILES string of the molecule is COC(=O)COc1ccc(CN)cc1[N+](=O)[O-]. The fraction of sp³-hybridized carbons (Fsp3) is 0.300. The van der Waals surface area contributed by atoms with Crippen molar-refractivity contribution < 1.29 is 19.2 Å². The molecular formula is C10H12N2O5. The topological polar surface area (TPSA) is 105 Å². The zero-order valence-electron chi connectivity index (χ0n) is 9.21. The summed E-state index contributed by atoms with van der Waals surface area (Å²) in [5.74, 6) is -0.597. The van der Waals surface area contributed by atoms with Crippen molar-refractivity contribution >= 4 is 11.7 Å². The Morgan fingerprint density at radius 3 is 2.76 bits per heavy atom. The van der Waals surface area contributed by atoms with Gasteiger partial charge in [-0.25, -0.2) is 4.79 Å². The monoisotopic (exact) mass is 240 g/mol. The molecule has 0 saturated carbocycles. The molecule has 0 aliphatic heterocycles. The average Bonchev–Trinajstić information content (AvgIpc) is 2.35. The molecule has 1 aromatic carbocycles. The summed E-state index contributed by atoms with van der Waals surface area (Å²) in [5.41, 5.74) is 5.76. The fourth-order valence-corrected chi connectivity index (χ4v) is 1.15. The molecule has 0 bridgehead atoms. The molecule has 0 amide bonds. The standard InChI is InChI=1S/C10H12N2O5/c1-16-10(13)6-17-9-3-2-7(5-11)4-8(9)12(14)15/h2-4H,5-6,11H2,1H3. The Labute approximate surface area is 97.3 Å². The van der Waals surface area contributed by atoms with Crippen molar-refractivity contribution in [2.24, 2.45) is 5.73 Å². The third-order valence-corrected chi connectivity index (χ3v) is 2.03. The summed E-state index contributed by atoms with van der Waals surface area (Å²) in [6.07, 6.45) is 0. The third-order valence-electron chi connectivity index (χ3n) is 2.03. The van der Waals surface area contributed by atoms with Gasteiger partial charge in [0.25, 0.3) is 0 Å². The summed E-state index contributed by atoms with van der Waals surface area (Å²) in [6.45, 7) is -0.183. The molecule has 0 fully saturated rings. The number of nitro benzene ring substituents is 1. The van der Waals surface area contributed by atoms with Crippen LogP contribution in [0.3, 0.4) is 0 Å². The van der Waals surface area contributed by atoms with E-state index in [2.05, 4.69) is 4.74 Å². The van der Waals surface area contributed by atoms with E-state index in [1.54, 1.807) is 6.07 Å². The predicted molar refractivity (Wildman–Crippen MR) is 58.5 cm³/mol. The highest BCUT2D eigenvalue weighted by molar-refractivity contribution is 5.71. The molecule has 7 heteroatoms. The van der Waals surface area contributed by atoms with Gasteiger partial charge < -0.3 is 15.2 Å².